The average Bonchev–Trinajstić information content (AvgIpc) is 3.29. The fourth-order valence-corrected chi connectivity index (χ4v) is 3.33. The van der Waals surface area contributed by atoms with Crippen molar-refractivity contribution in [2.45, 2.75) is 24.9 Å². The molecule has 0 atom stereocenters. The third kappa shape index (κ3) is 2.46. The Morgan fingerprint density at radius 3 is 3.05 bits per heavy atom. The van der Waals surface area contributed by atoms with Crippen molar-refractivity contribution in [1.82, 2.24) is 9.88 Å². The first-order chi connectivity index (χ1) is 10.7. The number of pyridine rings is 1. The van der Waals surface area contributed by atoms with Crippen molar-refractivity contribution in [1.29, 1.82) is 0 Å². The van der Waals surface area contributed by atoms with E-state index in [1.807, 2.05) is 29.2 Å². The lowest BCUT2D eigenvalue weighted by Crippen LogP contribution is -2.47. The first-order valence-electron chi connectivity index (χ1n) is 7.61. The molecule has 114 valence electrons. The number of carbonyl (C=O) groups excluding carboxylic acids is 1. The van der Waals surface area contributed by atoms with E-state index < -0.39 is 0 Å². The molecule has 4 rings (SSSR count). The van der Waals surface area contributed by atoms with Gasteiger partial charge in [0.05, 0.1) is 24.1 Å². The standard InChI is InChI=1S/C17H17ClN2O2/c18-14-4-3-12(16-13(14)2-1-7-19-16)10-15(21)20-8-9-22-17(11-20)5-6-17/h1-4,7H,5-6,8-11H2. The van der Waals surface area contributed by atoms with Crippen LogP contribution in [0.3, 0.4) is 0 Å². The van der Waals surface area contributed by atoms with E-state index in [4.69, 9.17) is 16.3 Å². The van der Waals surface area contributed by atoms with Gasteiger partial charge in [-0.1, -0.05) is 17.7 Å². The smallest absolute Gasteiger partial charge is 0.227 e. The van der Waals surface area contributed by atoms with Gasteiger partial charge < -0.3 is 9.64 Å². The molecule has 0 N–H and O–H groups in total. The molecule has 1 aromatic carbocycles. The van der Waals surface area contributed by atoms with E-state index in [2.05, 4.69) is 4.98 Å². The van der Waals surface area contributed by atoms with Gasteiger partial charge in [-0.2, -0.15) is 0 Å². The Morgan fingerprint density at radius 1 is 1.36 bits per heavy atom. The number of ether oxygens (including phenoxy) is 1. The second-order valence-corrected chi connectivity index (χ2v) is 6.54. The Bertz CT molecular complexity index is 743. The topological polar surface area (TPSA) is 42.4 Å². The molecule has 0 bridgehead atoms. The van der Waals surface area contributed by atoms with Crippen LogP contribution in [-0.2, 0) is 16.0 Å². The highest BCUT2D eigenvalue weighted by Crippen LogP contribution is 2.42. The Balaban J connectivity index is 1.58. The van der Waals surface area contributed by atoms with E-state index in [1.165, 1.54) is 0 Å². The Hall–Kier alpha value is -1.65. The predicted octanol–water partition coefficient (Wildman–Crippen LogP) is 2.82. The number of benzene rings is 1. The number of hydrogen-bond acceptors (Lipinski definition) is 3. The highest BCUT2D eigenvalue weighted by Gasteiger charge is 2.48. The lowest BCUT2D eigenvalue weighted by Gasteiger charge is -2.33. The summed E-state index contributed by atoms with van der Waals surface area (Å²) in [6, 6.07) is 7.55. The van der Waals surface area contributed by atoms with Crippen LogP contribution in [0.25, 0.3) is 10.9 Å². The molecule has 0 radical (unpaired) electrons. The first kappa shape index (κ1) is 14.0. The summed E-state index contributed by atoms with van der Waals surface area (Å²) in [5.41, 5.74) is 1.72. The van der Waals surface area contributed by atoms with Crippen LogP contribution in [-0.4, -0.2) is 41.1 Å². The van der Waals surface area contributed by atoms with Crippen LogP contribution in [0.4, 0.5) is 0 Å². The van der Waals surface area contributed by atoms with Crippen LogP contribution in [0.1, 0.15) is 18.4 Å². The number of halogens is 1. The zero-order valence-electron chi connectivity index (χ0n) is 12.2. The summed E-state index contributed by atoms with van der Waals surface area (Å²) in [5, 5.41) is 1.57. The van der Waals surface area contributed by atoms with Gasteiger partial charge in [-0.15, -0.1) is 0 Å². The lowest BCUT2D eigenvalue weighted by atomic mass is 10.1. The monoisotopic (exact) mass is 316 g/mol. The molecule has 1 aromatic heterocycles. The van der Waals surface area contributed by atoms with Crippen molar-refractivity contribution >= 4 is 28.4 Å². The van der Waals surface area contributed by atoms with Gasteiger partial charge >= 0.3 is 0 Å². The molecule has 1 aliphatic heterocycles. The van der Waals surface area contributed by atoms with Crippen molar-refractivity contribution in [3.63, 3.8) is 0 Å². The van der Waals surface area contributed by atoms with Crippen LogP contribution in [0, 0.1) is 0 Å². The van der Waals surface area contributed by atoms with Gasteiger partial charge in [0.2, 0.25) is 5.91 Å². The fourth-order valence-electron chi connectivity index (χ4n) is 3.11. The van der Waals surface area contributed by atoms with E-state index in [0.29, 0.717) is 24.6 Å². The number of hydrogen-bond donors (Lipinski definition) is 0. The number of nitrogens with zero attached hydrogens (tertiary/aromatic N) is 2. The van der Waals surface area contributed by atoms with Crippen LogP contribution < -0.4 is 0 Å². The zero-order chi connectivity index (χ0) is 15.2. The molecule has 4 nitrogen and oxygen atoms in total. The molecule has 1 saturated heterocycles. The van der Waals surface area contributed by atoms with Crippen LogP contribution in [0.2, 0.25) is 5.02 Å². The second-order valence-electron chi connectivity index (χ2n) is 6.13. The van der Waals surface area contributed by atoms with Crippen molar-refractivity contribution in [3.8, 4) is 0 Å². The van der Waals surface area contributed by atoms with Crippen LogP contribution in [0.5, 0.6) is 0 Å². The average molecular weight is 317 g/mol. The van der Waals surface area contributed by atoms with Gasteiger partial charge in [0.25, 0.3) is 0 Å². The molecule has 2 heterocycles. The summed E-state index contributed by atoms with van der Waals surface area (Å²) in [7, 11) is 0. The maximum absolute atomic E-state index is 12.6. The number of fused-ring (bicyclic) bond motifs is 1. The molecule has 2 aliphatic rings. The fraction of sp³-hybridized carbons (Fsp3) is 0.412. The summed E-state index contributed by atoms with van der Waals surface area (Å²) in [6.07, 6.45) is 4.24. The van der Waals surface area contributed by atoms with Crippen molar-refractivity contribution in [2.24, 2.45) is 0 Å². The molecule has 1 saturated carbocycles. The van der Waals surface area contributed by atoms with Gasteiger partial charge in [0.15, 0.2) is 0 Å². The highest BCUT2D eigenvalue weighted by atomic mass is 35.5. The molecular formula is C17H17ClN2O2. The van der Waals surface area contributed by atoms with Gasteiger partial charge in [-0.05, 0) is 36.6 Å². The molecule has 5 heteroatoms. The highest BCUT2D eigenvalue weighted by molar-refractivity contribution is 6.35. The number of morpholine rings is 1. The molecular weight excluding hydrogens is 300 g/mol. The number of aromatic nitrogens is 1. The Kier molecular flexibility index (Phi) is 3.31. The Morgan fingerprint density at radius 2 is 2.23 bits per heavy atom. The summed E-state index contributed by atoms with van der Waals surface area (Å²) in [4.78, 5) is 19.0. The molecule has 0 unspecified atom stereocenters. The minimum Gasteiger partial charge on any atom is -0.371 e. The van der Waals surface area contributed by atoms with Gasteiger partial charge in [-0.25, -0.2) is 0 Å². The minimum atomic E-state index is -0.0335. The SMILES string of the molecule is O=C(Cc1ccc(Cl)c2cccnc12)N1CCOC2(CC2)C1. The molecule has 2 fully saturated rings. The van der Waals surface area contributed by atoms with E-state index >= 15 is 0 Å². The van der Waals surface area contributed by atoms with Crippen molar-refractivity contribution in [3.05, 3.63) is 41.0 Å². The molecule has 1 amide bonds. The van der Waals surface area contributed by atoms with Crippen LogP contribution in [0.15, 0.2) is 30.5 Å². The summed E-state index contributed by atoms with van der Waals surface area (Å²) >= 11 is 6.21. The van der Waals surface area contributed by atoms with E-state index in [9.17, 15) is 4.79 Å². The lowest BCUT2D eigenvalue weighted by molar-refractivity contribution is -0.139. The molecule has 22 heavy (non-hydrogen) atoms. The predicted molar refractivity (Wildman–Crippen MR) is 85.0 cm³/mol. The van der Waals surface area contributed by atoms with Crippen LogP contribution >= 0.6 is 11.6 Å². The van der Waals surface area contributed by atoms with Gasteiger partial charge in [0.1, 0.15) is 0 Å². The quantitative estimate of drug-likeness (QED) is 0.855. The number of amides is 1. The van der Waals surface area contributed by atoms with E-state index in [0.717, 1.165) is 35.9 Å². The first-order valence-corrected chi connectivity index (χ1v) is 7.99. The maximum atomic E-state index is 12.6. The molecule has 1 aliphatic carbocycles. The summed E-state index contributed by atoms with van der Waals surface area (Å²) in [6.45, 7) is 2.05. The second kappa shape index (κ2) is 5.21. The van der Waals surface area contributed by atoms with Gasteiger partial charge in [0, 0.05) is 29.7 Å². The normalized spacial score (nSPS) is 19.6. The number of rotatable bonds is 2. The zero-order valence-corrected chi connectivity index (χ0v) is 13.0. The van der Waals surface area contributed by atoms with Gasteiger partial charge in [-0.3, -0.25) is 9.78 Å². The van der Waals surface area contributed by atoms with E-state index in [1.54, 1.807) is 6.20 Å². The van der Waals surface area contributed by atoms with Crippen molar-refractivity contribution < 1.29 is 9.53 Å². The molecule has 1 spiro atoms. The minimum absolute atomic E-state index is 0.0335. The third-order valence-corrected chi connectivity index (χ3v) is 4.88. The Labute approximate surface area is 134 Å². The third-order valence-electron chi connectivity index (χ3n) is 4.55. The van der Waals surface area contributed by atoms with E-state index in [-0.39, 0.29) is 11.5 Å². The summed E-state index contributed by atoms with van der Waals surface area (Å²) < 4.78 is 5.77. The number of carbonyl (C=O) groups is 1. The largest absolute Gasteiger partial charge is 0.371 e. The van der Waals surface area contributed by atoms with Crippen molar-refractivity contribution in [2.75, 3.05) is 19.7 Å². The maximum Gasteiger partial charge on any atom is 0.227 e. The molecule has 2 aromatic rings. The summed E-state index contributed by atoms with van der Waals surface area (Å²) in [5.74, 6) is 0.142.